The van der Waals surface area contributed by atoms with E-state index in [4.69, 9.17) is 18.4 Å². The molecule has 0 aliphatic carbocycles. The molecular weight excluding hydrogens is 228 g/mol. The predicted molar refractivity (Wildman–Crippen MR) is 64.4 cm³/mol. The smallest absolute Gasteiger partial charge is 0.157 e. The van der Waals surface area contributed by atoms with Crippen LogP contribution in [0.2, 0.25) is 0 Å². The molecule has 0 N–H and O–H groups in total. The highest BCUT2D eigenvalue weighted by Crippen LogP contribution is 2.32. The van der Waals surface area contributed by atoms with Crippen LogP contribution in [-0.4, -0.2) is 44.6 Å². The van der Waals surface area contributed by atoms with Crippen molar-refractivity contribution in [2.45, 2.75) is 50.4 Å². The van der Waals surface area contributed by atoms with Crippen LogP contribution in [0.25, 0.3) is 0 Å². The van der Waals surface area contributed by atoms with Gasteiger partial charge in [0.15, 0.2) is 5.44 Å². The van der Waals surface area contributed by atoms with Crippen molar-refractivity contribution in [3.05, 3.63) is 0 Å². The first-order valence-electron chi connectivity index (χ1n) is 5.73. The van der Waals surface area contributed by atoms with Gasteiger partial charge < -0.3 is 18.4 Å². The summed E-state index contributed by atoms with van der Waals surface area (Å²) in [6.45, 7) is 4.88. The Hall–Kier alpha value is 0.190. The Morgan fingerprint density at radius 3 is 2.50 bits per heavy atom. The molecule has 1 aliphatic heterocycles. The van der Waals surface area contributed by atoms with Crippen LogP contribution in [0.5, 0.6) is 0 Å². The molecule has 1 heterocycles. The molecule has 1 rings (SSSR count). The van der Waals surface area contributed by atoms with E-state index < -0.39 is 0 Å². The summed E-state index contributed by atoms with van der Waals surface area (Å²) in [6, 6.07) is 0. The van der Waals surface area contributed by atoms with Crippen LogP contribution < -0.4 is 0 Å². The number of ether oxygens (including phenoxy) is 3. The van der Waals surface area contributed by atoms with Gasteiger partial charge in [0, 0.05) is 32.9 Å². The normalized spacial score (nSPS) is 35.2. The van der Waals surface area contributed by atoms with Gasteiger partial charge in [0.1, 0.15) is 12.2 Å². The van der Waals surface area contributed by atoms with Gasteiger partial charge in [-0.3, -0.25) is 0 Å². The standard InChI is InChI=1S/C11H22O4S/c1-5-6-7-14-10-9(12-3)8(2)15-16-11(10)13-4/h8-11H,5-7H2,1-4H3/t8-,9-,10+,11-/m0/s1. The molecule has 16 heavy (non-hydrogen) atoms. The molecule has 1 aliphatic rings. The molecule has 0 aromatic carbocycles. The average molecular weight is 250 g/mol. The fourth-order valence-electron chi connectivity index (χ4n) is 1.71. The maximum atomic E-state index is 5.85. The maximum absolute atomic E-state index is 5.85. The van der Waals surface area contributed by atoms with E-state index in [1.54, 1.807) is 14.2 Å². The Balaban J connectivity index is 2.54. The molecule has 0 saturated carbocycles. The lowest BCUT2D eigenvalue weighted by Gasteiger charge is -2.38. The number of hydrogen-bond donors (Lipinski definition) is 0. The van der Waals surface area contributed by atoms with Crippen LogP contribution >= 0.6 is 12.0 Å². The van der Waals surface area contributed by atoms with Crippen LogP contribution in [0, 0.1) is 0 Å². The van der Waals surface area contributed by atoms with Crippen molar-refractivity contribution >= 4 is 12.0 Å². The van der Waals surface area contributed by atoms with E-state index in [-0.39, 0.29) is 23.7 Å². The zero-order chi connectivity index (χ0) is 12.0. The van der Waals surface area contributed by atoms with Crippen LogP contribution in [-0.2, 0) is 18.4 Å². The zero-order valence-electron chi connectivity index (χ0n) is 10.5. The van der Waals surface area contributed by atoms with E-state index in [1.807, 2.05) is 6.92 Å². The van der Waals surface area contributed by atoms with Gasteiger partial charge >= 0.3 is 0 Å². The van der Waals surface area contributed by atoms with Crippen molar-refractivity contribution < 1.29 is 18.4 Å². The van der Waals surface area contributed by atoms with Gasteiger partial charge in [-0.25, -0.2) is 0 Å². The Morgan fingerprint density at radius 2 is 1.94 bits per heavy atom. The van der Waals surface area contributed by atoms with Gasteiger partial charge in [-0.15, -0.1) is 0 Å². The van der Waals surface area contributed by atoms with Gasteiger partial charge in [0.25, 0.3) is 0 Å². The zero-order valence-corrected chi connectivity index (χ0v) is 11.3. The Bertz CT molecular complexity index is 191. The summed E-state index contributed by atoms with van der Waals surface area (Å²) in [5.41, 5.74) is -0.113. The van der Waals surface area contributed by atoms with Crippen LogP contribution in [0.15, 0.2) is 0 Å². The third-order valence-electron chi connectivity index (χ3n) is 2.67. The SMILES string of the molecule is CCCCO[C@@H]1[C@@H](OC)[C@H](C)OS[C@@H]1OC. The second kappa shape index (κ2) is 7.50. The van der Waals surface area contributed by atoms with Gasteiger partial charge in [-0.1, -0.05) is 13.3 Å². The monoisotopic (exact) mass is 250 g/mol. The van der Waals surface area contributed by atoms with Gasteiger partial charge in [-0.2, -0.15) is 0 Å². The average Bonchev–Trinajstić information content (AvgIpc) is 2.30. The molecule has 0 amide bonds. The summed E-state index contributed by atoms with van der Waals surface area (Å²) in [5, 5.41) is 0. The molecule has 0 bridgehead atoms. The molecule has 0 spiro atoms. The summed E-state index contributed by atoms with van der Waals surface area (Å²) in [5.74, 6) is 0. The van der Waals surface area contributed by atoms with Gasteiger partial charge in [0.05, 0.1) is 6.10 Å². The molecule has 1 fully saturated rings. The number of rotatable bonds is 6. The fourth-order valence-corrected chi connectivity index (χ4v) is 2.53. The van der Waals surface area contributed by atoms with Crippen molar-refractivity contribution in [2.24, 2.45) is 0 Å². The first-order valence-corrected chi connectivity index (χ1v) is 6.54. The maximum Gasteiger partial charge on any atom is 0.157 e. The second-order valence-electron chi connectivity index (χ2n) is 3.89. The van der Waals surface area contributed by atoms with Crippen molar-refractivity contribution in [2.75, 3.05) is 20.8 Å². The van der Waals surface area contributed by atoms with E-state index in [1.165, 1.54) is 12.0 Å². The van der Waals surface area contributed by atoms with Gasteiger partial charge in [0.2, 0.25) is 0 Å². The number of methoxy groups -OCH3 is 2. The van der Waals surface area contributed by atoms with E-state index in [2.05, 4.69) is 6.92 Å². The largest absolute Gasteiger partial charge is 0.376 e. The molecule has 4 nitrogen and oxygen atoms in total. The number of unbranched alkanes of at least 4 members (excludes halogenated alkanes) is 1. The molecule has 1 saturated heterocycles. The quantitative estimate of drug-likeness (QED) is 0.534. The minimum atomic E-state index is -0.113. The van der Waals surface area contributed by atoms with Crippen LogP contribution in [0.1, 0.15) is 26.7 Å². The van der Waals surface area contributed by atoms with E-state index in [0.717, 1.165) is 19.4 Å². The predicted octanol–water partition coefficient (Wildman–Crippen LogP) is 2.23. The second-order valence-corrected chi connectivity index (χ2v) is 4.74. The third-order valence-corrected chi connectivity index (χ3v) is 3.73. The van der Waals surface area contributed by atoms with Crippen molar-refractivity contribution in [3.63, 3.8) is 0 Å². The Kier molecular flexibility index (Phi) is 6.68. The summed E-state index contributed by atoms with van der Waals surface area (Å²) in [7, 11) is 3.35. The van der Waals surface area contributed by atoms with E-state index in [9.17, 15) is 0 Å². The molecule has 0 radical (unpaired) electrons. The highest BCUT2D eigenvalue weighted by Gasteiger charge is 2.40. The van der Waals surface area contributed by atoms with Crippen LogP contribution in [0.3, 0.4) is 0 Å². The molecule has 0 aromatic rings. The Labute approximate surface area is 102 Å². The van der Waals surface area contributed by atoms with Crippen molar-refractivity contribution in [1.82, 2.24) is 0 Å². The molecule has 5 heteroatoms. The highest BCUT2D eigenvalue weighted by molar-refractivity contribution is 7.95. The number of hydrogen-bond acceptors (Lipinski definition) is 5. The molecule has 0 unspecified atom stereocenters. The lowest BCUT2D eigenvalue weighted by atomic mass is 10.1. The molecular formula is C11H22O4S. The highest BCUT2D eigenvalue weighted by atomic mass is 32.2. The summed E-state index contributed by atoms with van der Waals surface area (Å²) < 4.78 is 22.1. The first-order chi connectivity index (χ1) is 7.74. The molecule has 96 valence electrons. The van der Waals surface area contributed by atoms with Gasteiger partial charge in [-0.05, 0) is 13.3 Å². The summed E-state index contributed by atoms with van der Waals surface area (Å²) in [4.78, 5) is 0. The lowest BCUT2D eigenvalue weighted by Crippen LogP contribution is -2.50. The minimum Gasteiger partial charge on any atom is -0.376 e. The minimum absolute atomic E-state index is 0.0213. The third kappa shape index (κ3) is 3.60. The lowest BCUT2D eigenvalue weighted by molar-refractivity contribution is -0.137. The van der Waals surface area contributed by atoms with E-state index >= 15 is 0 Å². The van der Waals surface area contributed by atoms with Crippen LogP contribution in [0.4, 0.5) is 0 Å². The topological polar surface area (TPSA) is 36.9 Å². The van der Waals surface area contributed by atoms with E-state index in [0.29, 0.717) is 0 Å². The van der Waals surface area contributed by atoms with Crippen molar-refractivity contribution in [1.29, 1.82) is 0 Å². The fraction of sp³-hybridized carbons (Fsp3) is 1.00. The summed E-state index contributed by atoms with van der Waals surface area (Å²) >= 11 is 1.33. The van der Waals surface area contributed by atoms with Crippen molar-refractivity contribution in [3.8, 4) is 0 Å². The molecule has 4 atom stereocenters. The molecule has 0 aromatic heterocycles. The summed E-state index contributed by atoms with van der Waals surface area (Å²) in [6.07, 6.45) is 2.08. The first kappa shape index (κ1) is 14.3. The Morgan fingerprint density at radius 1 is 1.19 bits per heavy atom.